The summed E-state index contributed by atoms with van der Waals surface area (Å²) in [6.45, 7) is 13.8. The van der Waals surface area contributed by atoms with E-state index in [9.17, 15) is 0 Å². The fourth-order valence-corrected chi connectivity index (χ4v) is 2.51. The lowest BCUT2D eigenvalue weighted by molar-refractivity contribution is 0.297. The lowest BCUT2D eigenvalue weighted by Crippen LogP contribution is -2.40. The average Bonchev–Trinajstić information content (AvgIpc) is 2.54. The summed E-state index contributed by atoms with van der Waals surface area (Å²) in [5.41, 5.74) is 0. The van der Waals surface area contributed by atoms with Crippen molar-refractivity contribution in [3.63, 3.8) is 0 Å². The fourth-order valence-electron chi connectivity index (χ4n) is 2.51. The van der Waals surface area contributed by atoms with Crippen LogP contribution in [0.5, 0.6) is 0 Å². The van der Waals surface area contributed by atoms with Gasteiger partial charge in [0.2, 0.25) is 0 Å². The standard InChI is InChI=1S/C18H38N4/c1-6-9-10-11-13-16-21(5)18(19-4)20-15-12-14-17-22(7-2)8-3/h6H,1,7-17H2,2-5H3,(H,19,20). The maximum Gasteiger partial charge on any atom is 0.193 e. The van der Waals surface area contributed by atoms with Crippen LogP contribution in [0.15, 0.2) is 17.6 Å². The van der Waals surface area contributed by atoms with Gasteiger partial charge >= 0.3 is 0 Å². The predicted octanol–water partition coefficient (Wildman–Crippen LogP) is 3.36. The van der Waals surface area contributed by atoms with Crippen LogP contribution in [0.2, 0.25) is 0 Å². The maximum atomic E-state index is 4.37. The van der Waals surface area contributed by atoms with Crippen molar-refractivity contribution in [3.05, 3.63) is 12.7 Å². The number of unbranched alkanes of at least 4 members (excludes halogenated alkanes) is 4. The predicted molar refractivity (Wildman–Crippen MR) is 99.7 cm³/mol. The molecule has 22 heavy (non-hydrogen) atoms. The summed E-state index contributed by atoms with van der Waals surface area (Å²) < 4.78 is 0. The second kappa shape index (κ2) is 14.9. The summed E-state index contributed by atoms with van der Waals surface area (Å²) in [5, 5.41) is 3.47. The van der Waals surface area contributed by atoms with Gasteiger partial charge in [-0.05, 0) is 51.7 Å². The molecule has 0 bridgehead atoms. The fraction of sp³-hybridized carbons (Fsp3) is 0.833. The van der Waals surface area contributed by atoms with E-state index in [-0.39, 0.29) is 0 Å². The molecular weight excluding hydrogens is 272 g/mol. The number of hydrogen-bond donors (Lipinski definition) is 1. The van der Waals surface area contributed by atoms with Crippen LogP contribution < -0.4 is 5.32 Å². The minimum atomic E-state index is 1.01. The zero-order valence-electron chi connectivity index (χ0n) is 15.4. The average molecular weight is 311 g/mol. The van der Waals surface area contributed by atoms with E-state index < -0.39 is 0 Å². The Hall–Kier alpha value is -1.03. The van der Waals surface area contributed by atoms with E-state index in [1.54, 1.807) is 0 Å². The molecule has 0 saturated carbocycles. The highest BCUT2D eigenvalue weighted by Crippen LogP contribution is 2.01. The lowest BCUT2D eigenvalue weighted by atomic mass is 10.2. The monoisotopic (exact) mass is 310 g/mol. The SMILES string of the molecule is C=CCCCCCN(C)C(=NC)NCCCCN(CC)CC. The van der Waals surface area contributed by atoms with Crippen LogP contribution in [0.1, 0.15) is 52.4 Å². The summed E-state index contributed by atoms with van der Waals surface area (Å²) in [5.74, 6) is 1.02. The first-order valence-electron chi connectivity index (χ1n) is 8.94. The number of hydrogen-bond acceptors (Lipinski definition) is 2. The largest absolute Gasteiger partial charge is 0.356 e. The Morgan fingerprint density at radius 1 is 1.05 bits per heavy atom. The topological polar surface area (TPSA) is 30.9 Å². The third kappa shape index (κ3) is 10.7. The molecule has 1 N–H and O–H groups in total. The molecule has 0 spiro atoms. The van der Waals surface area contributed by atoms with Crippen LogP contribution in [0.25, 0.3) is 0 Å². The summed E-state index contributed by atoms with van der Waals surface area (Å²) in [6, 6.07) is 0. The van der Waals surface area contributed by atoms with Crippen LogP contribution in [0.4, 0.5) is 0 Å². The summed E-state index contributed by atoms with van der Waals surface area (Å²) in [4.78, 5) is 9.08. The van der Waals surface area contributed by atoms with Crippen LogP contribution in [0, 0.1) is 0 Å². The van der Waals surface area contributed by atoms with Crippen LogP contribution in [0.3, 0.4) is 0 Å². The van der Waals surface area contributed by atoms with Crippen LogP contribution in [-0.4, -0.2) is 62.6 Å². The highest BCUT2D eigenvalue weighted by Gasteiger charge is 2.05. The summed E-state index contributed by atoms with van der Waals surface area (Å²) >= 11 is 0. The Morgan fingerprint density at radius 3 is 2.32 bits per heavy atom. The number of nitrogens with zero attached hydrogens (tertiary/aromatic N) is 3. The van der Waals surface area contributed by atoms with Gasteiger partial charge in [0, 0.05) is 27.2 Å². The highest BCUT2D eigenvalue weighted by atomic mass is 15.3. The van der Waals surface area contributed by atoms with Gasteiger partial charge in [-0.15, -0.1) is 6.58 Å². The number of guanidine groups is 1. The first-order chi connectivity index (χ1) is 10.7. The van der Waals surface area contributed by atoms with E-state index >= 15 is 0 Å². The lowest BCUT2D eigenvalue weighted by Gasteiger charge is -2.22. The maximum absolute atomic E-state index is 4.37. The molecule has 4 nitrogen and oxygen atoms in total. The molecule has 0 heterocycles. The Kier molecular flexibility index (Phi) is 14.2. The molecular formula is C18H38N4. The first kappa shape index (κ1) is 21.0. The van der Waals surface area contributed by atoms with Crippen molar-refractivity contribution in [1.29, 1.82) is 0 Å². The molecule has 0 aromatic rings. The first-order valence-corrected chi connectivity index (χ1v) is 8.94. The third-order valence-corrected chi connectivity index (χ3v) is 4.05. The Morgan fingerprint density at radius 2 is 1.73 bits per heavy atom. The molecule has 0 rings (SSSR count). The highest BCUT2D eigenvalue weighted by molar-refractivity contribution is 5.79. The molecule has 0 aliphatic heterocycles. The molecule has 0 atom stereocenters. The zero-order chi connectivity index (χ0) is 16.6. The molecule has 0 aromatic carbocycles. The molecule has 130 valence electrons. The second-order valence-corrected chi connectivity index (χ2v) is 5.77. The van der Waals surface area contributed by atoms with E-state index in [4.69, 9.17) is 0 Å². The van der Waals surface area contributed by atoms with E-state index in [2.05, 4.69) is 47.6 Å². The van der Waals surface area contributed by atoms with Gasteiger partial charge in [-0.1, -0.05) is 26.3 Å². The molecule has 0 aliphatic carbocycles. The smallest absolute Gasteiger partial charge is 0.193 e. The Labute approximate surface area is 138 Å². The molecule has 0 radical (unpaired) electrons. The number of rotatable bonds is 13. The molecule has 0 aromatic heterocycles. The van der Waals surface area contributed by atoms with E-state index in [1.807, 2.05) is 13.1 Å². The van der Waals surface area contributed by atoms with Gasteiger partial charge in [0.15, 0.2) is 5.96 Å². The number of nitrogens with one attached hydrogen (secondary N) is 1. The minimum Gasteiger partial charge on any atom is -0.356 e. The van der Waals surface area contributed by atoms with Gasteiger partial charge in [0.05, 0.1) is 0 Å². The van der Waals surface area contributed by atoms with Crippen molar-refractivity contribution < 1.29 is 0 Å². The van der Waals surface area contributed by atoms with Gasteiger partial charge in [-0.3, -0.25) is 4.99 Å². The van der Waals surface area contributed by atoms with Crippen molar-refractivity contribution in [2.24, 2.45) is 4.99 Å². The Balaban J connectivity index is 3.75. The Bertz CT molecular complexity index is 285. The summed E-state index contributed by atoms with van der Waals surface area (Å²) in [7, 11) is 3.99. The second-order valence-electron chi connectivity index (χ2n) is 5.77. The normalized spacial score (nSPS) is 11.8. The van der Waals surface area contributed by atoms with Gasteiger partial charge < -0.3 is 15.1 Å². The third-order valence-electron chi connectivity index (χ3n) is 4.05. The van der Waals surface area contributed by atoms with Gasteiger partial charge in [-0.25, -0.2) is 0 Å². The van der Waals surface area contributed by atoms with Crippen molar-refractivity contribution in [2.45, 2.75) is 52.4 Å². The van der Waals surface area contributed by atoms with Crippen molar-refractivity contribution in [2.75, 3.05) is 46.8 Å². The van der Waals surface area contributed by atoms with Gasteiger partial charge in [0.1, 0.15) is 0 Å². The van der Waals surface area contributed by atoms with Gasteiger partial charge in [-0.2, -0.15) is 0 Å². The quantitative estimate of drug-likeness (QED) is 0.245. The number of allylic oxidation sites excluding steroid dienone is 1. The van der Waals surface area contributed by atoms with E-state index in [1.165, 1.54) is 38.6 Å². The van der Waals surface area contributed by atoms with Crippen molar-refractivity contribution in [3.8, 4) is 0 Å². The van der Waals surface area contributed by atoms with Crippen molar-refractivity contribution in [1.82, 2.24) is 15.1 Å². The molecule has 0 amide bonds. The molecule has 0 saturated heterocycles. The molecule has 0 fully saturated rings. The summed E-state index contributed by atoms with van der Waals surface area (Å²) in [6.07, 6.45) is 9.30. The molecule has 0 aliphatic rings. The number of aliphatic imine (C=N–C) groups is 1. The zero-order valence-corrected chi connectivity index (χ0v) is 15.4. The molecule has 0 unspecified atom stereocenters. The van der Waals surface area contributed by atoms with Crippen molar-refractivity contribution >= 4 is 5.96 Å². The molecule has 4 heteroatoms. The van der Waals surface area contributed by atoms with Gasteiger partial charge in [0.25, 0.3) is 0 Å². The minimum absolute atomic E-state index is 1.01. The van der Waals surface area contributed by atoms with Crippen LogP contribution in [-0.2, 0) is 0 Å². The van der Waals surface area contributed by atoms with Crippen LogP contribution >= 0.6 is 0 Å². The van der Waals surface area contributed by atoms with E-state index in [0.717, 1.165) is 38.6 Å². The van der Waals surface area contributed by atoms with E-state index in [0.29, 0.717) is 0 Å².